The zero-order chi connectivity index (χ0) is 25.4. The van der Waals surface area contributed by atoms with E-state index in [0.29, 0.717) is 35.0 Å². The molecule has 0 radical (unpaired) electrons. The fraction of sp³-hybridized carbons (Fsp3) is 0. The van der Waals surface area contributed by atoms with E-state index in [4.69, 9.17) is 0 Å². The molecule has 36 heavy (non-hydrogen) atoms. The molecule has 0 aliphatic rings. The summed E-state index contributed by atoms with van der Waals surface area (Å²) in [7, 11) is 0. The van der Waals surface area contributed by atoms with Crippen molar-refractivity contribution in [3.8, 4) is 0 Å². The number of benzene rings is 6. The van der Waals surface area contributed by atoms with Crippen molar-refractivity contribution < 1.29 is 26.3 Å². The maximum atomic E-state index is 15.3. The van der Waals surface area contributed by atoms with Crippen molar-refractivity contribution in [3.63, 3.8) is 0 Å². The molecule has 7 heteroatoms. The standard InChI is InChI=1S/C29H15F6P/c1-36(28-21(32)12-10-19(30)26(28)34,29-22(33)13-11-20(31)27(29)35)23-14-8-17-6-5-15-3-2-4-16-7-9-18(23)25(17)24(15)16/h2-14H,1H2. The maximum absolute atomic E-state index is 15.3. The maximum Gasteiger partial charge on any atom is 0.169 e. The summed E-state index contributed by atoms with van der Waals surface area (Å²) in [5.74, 6) is -8.51. The summed E-state index contributed by atoms with van der Waals surface area (Å²) in [6.07, 6.45) is 4.01. The average molecular weight is 508 g/mol. The van der Waals surface area contributed by atoms with Crippen molar-refractivity contribution in [2.45, 2.75) is 0 Å². The van der Waals surface area contributed by atoms with E-state index in [1.165, 1.54) is 6.07 Å². The van der Waals surface area contributed by atoms with Crippen molar-refractivity contribution in [1.29, 1.82) is 0 Å². The van der Waals surface area contributed by atoms with Crippen molar-refractivity contribution in [3.05, 3.63) is 114 Å². The Hall–Kier alpha value is -3.76. The van der Waals surface area contributed by atoms with Crippen molar-refractivity contribution in [2.75, 3.05) is 0 Å². The fourth-order valence-corrected chi connectivity index (χ4v) is 8.53. The molecule has 0 heterocycles. The molecule has 0 fully saturated rings. The van der Waals surface area contributed by atoms with E-state index in [2.05, 4.69) is 6.30 Å². The summed E-state index contributed by atoms with van der Waals surface area (Å²) in [6, 6.07) is 18.6. The van der Waals surface area contributed by atoms with Crippen LogP contribution in [0.1, 0.15) is 0 Å². The van der Waals surface area contributed by atoms with Gasteiger partial charge in [0.15, 0.2) is 23.3 Å². The summed E-state index contributed by atoms with van der Waals surface area (Å²) in [4.78, 5) is 0. The Morgan fingerprint density at radius 3 is 1.47 bits per heavy atom. The van der Waals surface area contributed by atoms with Crippen LogP contribution in [0.2, 0.25) is 0 Å². The predicted molar refractivity (Wildman–Crippen MR) is 136 cm³/mol. The van der Waals surface area contributed by atoms with Crippen LogP contribution in [-0.2, 0) is 0 Å². The van der Waals surface area contributed by atoms with Crippen LogP contribution >= 0.6 is 6.89 Å². The number of hydrogen-bond donors (Lipinski definition) is 0. The highest BCUT2D eigenvalue weighted by Crippen LogP contribution is 2.48. The fourth-order valence-electron chi connectivity index (χ4n) is 5.14. The monoisotopic (exact) mass is 508 g/mol. The molecule has 0 N–H and O–H groups in total. The van der Waals surface area contributed by atoms with Crippen LogP contribution < -0.4 is 15.9 Å². The van der Waals surface area contributed by atoms with Crippen LogP contribution in [-0.4, -0.2) is 6.30 Å². The zero-order valence-electron chi connectivity index (χ0n) is 18.4. The Morgan fingerprint density at radius 2 is 0.917 bits per heavy atom. The average Bonchev–Trinajstić information content (AvgIpc) is 2.87. The Morgan fingerprint density at radius 1 is 0.472 bits per heavy atom. The summed E-state index contributed by atoms with van der Waals surface area (Å²) >= 11 is 0. The first-order chi connectivity index (χ1) is 17.2. The second-order valence-electron chi connectivity index (χ2n) is 8.63. The lowest BCUT2D eigenvalue weighted by Crippen LogP contribution is -2.34. The van der Waals surface area contributed by atoms with Crippen molar-refractivity contribution in [1.82, 2.24) is 0 Å². The summed E-state index contributed by atoms with van der Waals surface area (Å²) in [5, 5.41) is 2.81. The highest BCUT2D eigenvalue weighted by atomic mass is 31.2. The molecule has 0 spiro atoms. The third kappa shape index (κ3) is 2.97. The Kier molecular flexibility index (Phi) is 4.96. The topological polar surface area (TPSA) is 0 Å². The highest BCUT2D eigenvalue weighted by molar-refractivity contribution is 7.93. The van der Waals surface area contributed by atoms with Gasteiger partial charge in [-0.1, -0.05) is 60.9 Å². The quantitative estimate of drug-likeness (QED) is 0.103. The van der Waals surface area contributed by atoms with Gasteiger partial charge >= 0.3 is 0 Å². The van der Waals surface area contributed by atoms with E-state index in [-0.39, 0.29) is 5.30 Å². The van der Waals surface area contributed by atoms with Crippen LogP contribution in [0.4, 0.5) is 26.3 Å². The third-order valence-corrected chi connectivity index (χ3v) is 10.3. The van der Waals surface area contributed by atoms with Crippen LogP contribution in [0.25, 0.3) is 32.3 Å². The summed E-state index contributed by atoms with van der Waals surface area (Å²) in [5.41, 5.74) is 0. The zero-order valence-corrected chi connectivity index (χ0v) is 19.3. The van der Waals surface area contributed by atoms with E-state index >= 15 is 17.6 Å². The van der Waals surface area contributed by atoms with Gasteiger partial charge in [0, 0.05) is 0 Å². The van der Waals surface area contributed by atoms with Crippen LogP contribution in [0.3, 0.4) is 0 Å². The van der Waals surface area contributed by atoms with Crippen molar-refractivity contribution >= 4 is 61.4 Å². The van der Waals surface area contributed by atoms with Crippen LogP contribution in [0, 0.1) is 34.9 Å². The molecule has 0 atom stereocenters. The number of rotatable bonds is 3. The molecule has 6 aromatic carbocycles. The molecular weight excluding hydrogens is 493 g/mol. The second-order valence-corrected chi connectivity index (χ2v) is 11.6. The molecule has 0 aliphatic carbocycles. The molecule has 0 saturated carbocycles. The first-order valence-electron chi connectivity index (χ1n) is 10.9. The molecule has 0 unspecified atom stereocenters. The van der Waals surface area contributed by atoms with Crippen LogP contribution in [0.15, 0.2) is 78.9 Å². The van der Waals surface area contributed by atoms with Gasteiger partial charge in [-0.15, -0.1) is 0 Å². The third-order valence-electron chi connectivity index (χ3n) is 6.72. The Labute approximate surface area is 201 Å². The normalized spacial score (nSPS) is 12.3. The smallest absolute Gasteiger partial charge is 0.169 e. The van der Waals surface area contributed by atoms with Gasteiger partial charge in [-0.2, -0.15) is 0 Å². The first kappa shape index (κ1) is 22.7. The van der Waals surface area contributed by atoms with Gasteiger partial charge in [-0.25, -0.2) is 26.3 Å². The van der Waals surface area contributed by atoms with Gasteiger partial charge < -0.3 is 0 Å². The van der Waals surface area contributed by atoms with E-state index in [0.717, 1.165) is 21.5 Å². The van der Waals surface area contributed by atoms with Gasteiger partial charge in [-0.05, 0) is 68.8 Å². The lowest BCUT2D eigenvalue weighted by molar-refractivity contribution is 0.501. The molecule has 178 valence electrons. The predicted octanol–water partition coefficient (Wildman–Crippen LogP) is 7.14. The van der Waals surface area contributed by atoms with E-state index < -0.39 is 52.4 Å². The highest BCUT2D eigenvalue weighted by Gasteiger charge is 2.37. The Bertz CT molecular complexity index is 1810. The van der Waals surface area contributed by atoms with Gasteiger partial charge in [0.2, 0.25) is 0 Å². The molecular formula is C29H15F6P. The van der Waals surface area contributed by atoms with Gasteiger partial charge in [0.25, 0.3) is 0 Å². The molecule has 0 nitrogen and oxygen atoms in total. The Balaban J connectivity index is 1.86. The minimum absolute atomic E-state index is 0.0973. The van der Waals surface area contributed by atoms with Crippen LogP contribution in [0.5, 0.6) is 0 Å². The van der Waals surface area contributed by atoms with E-state index in [9.17, 15) is 8.78 Å². The van der Waals surface area contributed by atoms with E-state index in [1.807, 2.05) is 30.3 Å². The largest absolute Gasteiger partial charge is 0.206 e. The molecule has 0 aromatic heterocycles. The minimum atomic E-state index is -4.22. The van der Waals surface area contributed by atoms with Gasteiger partial charge in [-0.3, -0.25) is 0 Å². The lowest BCUT2D eigenvalue weighted by Gasteiger charge is -2.30. The van der Waals surface area contributed by atoms with Crippen molar-refractivity contribution in [2.24, 2.45) is 0 Å². The number of halogens is 6. The second kappa shape index (κ2) is 7.87. The SMILES string of the molecule is C=P(c1c(F)ccc(F)c1F)(c1c(F)ccc(F)c1F)c1ccc2ccc3cccc4ccc1c2c34. The number of hydrogen-bond acceptors (Lipinski definition) is 0. The molecule has 6 aromatic rings. The minimum Gasteiger partial charge on any atom is -0.206 e. The lowest BCUT2D eigenvalue weighted by atomic mass is 9.94. The molecule has 0 amide bonds. The van der Waals surface area contributed by atoms with Gasteiger partial charge in [0.1, 0.15) is 11.6 Å². The molecule has 0 aliphatic heterocycles. The first-order valence-corrected chi connectivity index (χ1v) is 12.9. The molecule has 6 rings (SSSR count). The molecule has 0 bridgehead atoms. The summed E-state index contributed by atoms with van der Waals surface area (Å²) < 4.78 is 90.1. The van der Waals surface area contributed by atoms with Gasteiger partial charge in [0.05, 0.1) is 10.6 Å². The summed E-state index contributed by atoms with van der Waals surface area (Å²) in [6.45, 7) is -4.22. The van der Waals surface area contributed by atoms with E-state index in [1.54, 1.807) is 18.2 Å². The molecule has 0 saturated heterocycles.